The summed E-state index contributed by atoms with van der Waals surface area (Å²) in [6.07, 6.45) is 7.54. The summed E-state index contributed by atoms with van der Waals surface area (Å²) in [4.78, 5) is 20.3. The Hall–Kier alpha value is -1.45. The van der Waals surface area contributed by atoms with Gasteiger partial charge in [-0.25, -0.2) is 9.97 Å². The SMILES string of the molecule is CCOC(=O)CC(CC)c1ncc(C2CC2)cn1. The molecule has 4 heteroatoms. The van der Waals surface area contributed by atoms with E-state index in [4.69, 9.17) is 4.74 Å². The van der Waals surface area contributed by atoms with Crippen LogP contribution in [0.1, 0.15) is 62.8 Å². The smallest absolute Gasteiger partial charge is 0.306 e. The first-order valence-electron chi connectivity index (χ1n) is 6.72. The van der Waals surface area contributed by atoms with Crippen LogP contribution in [0.25, 0.3) is 0 Å². The van der Waals surface area contributed by atoms with Gasteiger partial charge in [0.15, 0.2) is 0 Å². The second kappa shape index (κ2) is 5.94. The number of ether oxygens (including phenoxy) is 1. The third kappa shape index (κ3) is 3.28. The summed E-state index contributed by atoms with van der Waals surface area (Å²) in [5.74, 6) is 1.33. The van der Waals surface area contributed by atoms with Crippen molar-refractivity contribution in [3.05, 3.63) is 23.8 Å². The molecule has 0 saturated heterocycles. The Morgan fingerprint density at radius 3 is 2.56 bits per heavy atom. The van der Waals surface area contributed by atoms with E-state index in [9.17, 15) is 4.79 Å². The highest BCUT2D eigenvalue weighted by Gasteiger charge is 2.25. The lowest BCUT2D eigenvalue weighted by Crippen LogP contribution is -2.12. The fourth-order valence-corrected chi connectivity index (χ4v) is 2.03. The average Bonchev–Trinajstić information content (AvgIpc) is 3.21. The highest BCUT2D eigenvalue weighted by atomic mass is 16.5. The molecule has 0 radical (unpaired) electrons. The summed E-state index contributed by atoms with van der Waals surface area (Å²) in [6, 6.07) is 0. The molecule has 1 atom stereocenters. The third-order valence-electron chi connectivity index (χ3n) is 3.32. The van der Waals surface area contributed by atoms with Gasteiger partial charge < -0.3 is 4.74 Å². The maximum atomic E-state index is 11.5. The van der Waals surface area contributed by atoms with Crippen molar-refractivity contribution in [2.45, 2.75) is 51.4 Å². The van der Waals surface area contributed by atoms with Gasteiger partial charge in [-0.1, -0.05) is 6.92 Å². The topological polar surface area (TPSA) is 52.1 Å². The van der Waals surface area contributed by atoms with Gasteiger partial charge in [0.1, 0.15) is 5.82 Å². The highest BCUT2D eigenvalue weighted by molar-refractivity contribution is 5.70. The highest BCUT2D eigenvalue weighted by Crippen LogP contribution is 2.39. The maximum Gasteiger partial charge on any atom is 0.306 e. The third-order valence-corrected chi connectivity index (χ3v) is 3.32. The quantitative estimate of drug-likeness (QED) is 0.726. The molecule has 0 bridgehead atoms. The first-order chi connectivity index (χ1) is 8.74. The van der Waals surface area contributed by atoms with E-state index in [1.54, 1.807) is 0 Å². The average molecular weight is 248 g/mol. The molecule has 1 aliphatic carbocycles. The minimum absolute atomic E-state index is 0.0669. The molecule has 1 aromatic rings. The molecular weight excluding hydrogens is 228 g/mol. The predicted octanol–water partition coefficient (Wildman–Crippen LogP) is 2.80. The molecule has 4 nitrogen and oxygen atoms in total. The molecule has 1 heterocycles. The Bertz CT molecular complexity index is 399. The number of rotatable bonds is 6. The van der Waals surface area contributed by atoms with E-state index in [2.05, 4.69) is 9.97 Å². The van der Waals surface area contributed by atoms with Crippen molar-refractivity contribution in [2.24, 2.45) is 0 Å². The summed E-state index contributed by atoms with van der Waals surface area (Å²) in [7, 11) is 0. The van der Waals surface area contributed by atoms with E-state index in [-0.39, 0.29) is 11.9 Å². The minimum atomic E-state index is -0.167. The molecular formula is C14H20N2O2. The number of nitrogens with zero attached hydrogens (tertiary/aromatic N) is 2. The zero-order valence-corrected chi connectivity index (χ0v) is 11.1. The van der Waals surface area contributed by atoms with Gasteiger partial charge in [0, 0.05) is 18.3 Å². The molecule has 0 aliphatic heterocycles. The lowest BCUT2D eigenvalue weighted by Gasteiger charge is -2.12. The fourth-order valence-electron chi connectivity index (χ4n) is 2.03. The summed E-state index contributed by atoms with van der Waals surface area (Å²) >= 11 is 0. The zero-order chi connectivity index (χ0) is 13.0. The molecule has 1 aliphatic rings. The van der Waals surface area contributed by atoms with Crippen LogP contribution in [0.5, 0.6) is 0 Å². The second-order valence-corrected chi connectivity index (χ2v) is 4.76. The Labute approximate surface area is 108 Å². The van der Waals surface area contributed by atoms with Gasteiger partial charge in [0.2, 0.25) is 0 Å². The number of carbonyl (C=O) groups excluding carboxylic acids is 1. The van der Waals surface area contributed by atoms with E-state index >= 15 is 0 Å². The molecule has 0 aromatic carbocycles. The van der Waals surface area contributed by atoms with Gasteiger partial charge in [-0.15, -0.1) is 0 Å². The molecule has 0 N–H and O–H groups in total. The Balaban J connectivity index is 1.99. The Kier molecular flexibility index (Phi) is 4.28. The van der Waals surface area contributed by atoms with Crippen molar-refractivity contribution in [2.75, 3.05) is 6.61 Å². The molecule has 1 saturated carbocycles. The largest absolute Gasteiger partial charge is 0.466 e. The van der Waals surface area contributed by atoms with Gasteiger partial charge in [-0.3, -0.25) is 4.79 Å². The number of aromatic nitrogens is 2. The van der Waals surface area contributed by atoms with Crippen molar-refractivity contribution < 1.29 is 9.53 Å². The fraction of sp³-hybridized carbons (Fsp3) is 0.643. The van der Waals surface area contributed by atoms with Crippen LogP contribution in [0.3, 0.4) is 0 Å². The first kappa shape index (κ1) is 13.0. The summed E-state index contributed by atoms with van der Waals surface area (Å²) < 4.78 is 4.97. The van der Waals surface area contributed by atoms with Crippen LogP contribution in [-0.2, 0) is 9.53 Å². The van der Waals surface area contributed by atoms with E-state index in [1.165, 1.54) is 18.4 Å². The molecule has 18 heavy (non-hydrogen) atoms. The van der Waals surface area contributed by atoms with Crippen molar-refractivity contribution in [1.82, 2.24) is 9.97 Å². The number of esters is 1. The van der Waals surface area contributed by atoms with Crippen LogP contribution >= 0.6 is 0 Å². The lowest BCUT2D eigenvalue weighted by atomic mass is 10.0. The summed E-state index contributed by atoms with van der Waals surface area (Å²) in [6.45, 7) is 4.29. The van der Waals surface area contributed by atoms with Crippen LogP contribution < -0.4 is 0 Å². The molecule has 0 amide bonds. The van der Waals surface area contributed by atoms with E-state index in [0.29, 0.717) is 18.9 Å². The van der Waals surface area contributed by atoms with Crippen molar-refractivity contribution in [1.29, 1.82) is 0 Å². The summed E-state index contributed by atoms with van der Waals surface area (Å²) in [5, 5.41) is 0. The molecule has 1 aromatic heterocycles. The van der Waals surface area contributed by atoms with Gasteiger partial charge in [0.25, 0.3) is 0 Å². The zero-order valence-electron chi connectivity index (χ0n) is 11.1. The minimum Gasteiger partial charge on any atom is -0.466 e. The van der Waals surface area contributed by atoms with Crippen LogP contribution in [0.2, 0.25) is 0 Å². The van der Waals surface area contributed by atoms with E-state index in [0.717, 1.165) is 12.2 Å². The van der Waals surface area contributed by atoms with Crippen molar-refractivity contribution in [3.63, 3.8) is 0 Å². The number of hydrogen-bond donors (Lipinski definition) is 0. The Morgan fingerprint density at radius 1 is 1.39 bits per heavy atom. The number of carbonyl (C=O) groups is 1. The first-order valence-corrected chi connectivity index (χ1v) is 6.72. The Morgan fingerprint density at radius 2 is 2.06 bits per heavy atom. The molecule has 1 unspecified atom stereocenters. The normalized spacial score (nSPS) is 16.3. The van der Waals surface area contributed by atoms with E-state index < -0.39 is 0 Å². The van der Waals surface area contributed by atoms with Crippen molar-refractivity contribution in [3.8, 4) is 0 Å². The van der Waals surface area contributed by atoms with Crippen molar-refractivity contribution >= 4 is 5.97 Å². The van der Waals surface area contributed by atoms with Crippen LogP contribution in [-0.4, -0.2) is 22.5 Å². The van der Waals surface area contributed by atoms with Crippen LogP contribution in [0.15, 0.2) is 12.4 Å². The maximum absolute atomic E-state index is 11.5. The molecule has 2 rings (SSSR count). The van der Waals surface area contributed by atoms with Gasteiger partial charge >= 0.3 is 5.97 Å². The summed E-state index contributed by atoms with van der Waals surface area (Å²) in [5.41, 5.74) is 1.23. The standard InChI is InChI=1S/C14H20N2O2/c1-3-10(7-13(17)18-4-2)14-15-8-12(9-16-14)11-5-6-11/h8-11H,3-7H2,1-2H3. The second-order valence-electron chi connectivity index (χ2n) is 4.76. The number of hydrogen-bond acceptors (Lipinski definition) is 4. The molecule has 0 spiro atoms. The monoisotopic (exact) mass is 248 g/mol. The van der Waals surface area contributed by atoms with Gasteiger partial charge in [-0.2, -0.15) is 0 Å². The van der Waals surface area contributed by atoms with E-state index in [1.807, 2.05) is 26.2 Å². The van der Waals surface area contributed by atoms with Crippen LogP contribution in [0, 0.1) is 0 Å². The molecule has 98 valence electrons. The predicted molar refractivity (Wildman–Crippen MR) is 68.3 cm³/mol. The van der Waals surface area contributed by atoms with Gasteiger partial charge in [0.05, 0.1) is 13.0 Å². The van der Waals surface area contributed by atoms with Crippen LogP contribution in [0.4, 0.5) is 0 Å². The van der Waals surface area contributed by atoms with Gasteiger partial charge in [-0.05, 0) is 37.7 Å². The molecule has 1 fully saturated rings. The lowest BCUT2D eigenvalue weighted by molar-refractivity contribution is -0.143.